The Morgan fingerprint density at radius 1 is 1.20 bits per heavy atom. The lowest BCUT2D eigenvalue weighted by molar-refractivity contribution is 0.474. The maximum Gasteiger partial charge on any atom is 0.261 e. The number of hydrogen-bond donors (Lipinski definition) is 3. The predicted molar refractivity (Wildman–Crippen MR) is 115 cm³/mol. The van der Waals surface area contributed by atoms with E-state index in [-0.39, 0.29) is 21.4 Å². The molecule has 3 aromatic rings. The first kappa shape index (κ1) is 21.4. The average molecular weight is 446 g/mol. The molecule has 154 valence electrons. The van der Waals surface area contributed by atoms with Gasteiger partial charge in [-0.05, 0) is 59.7 Å². The molecule has 0 saturated heterocycles. The smallest absolute Gasteiger partial charge is 0.261 e. The van der Waals surface area contributed by atoms with Gasteiger partial charge in [-0.25, -0.2) is 12.8 Å². The number of nitrogens with zero attached hydrogens (tertiary/aromatic N) is 1. The van der Waals surface area contributed by atoms with Crippen molar-refractivity contribution in [3.8, 4) is 5.75 Å². The predicted octanol–water partition coefficient (Wildman–Crippen LogP) is 3.99. The van der Waals surface area contributed by atoms with Crippen molar-refractivity contribution in [3.63, 3.8) is 0 Å². The number of pyridine rings is 1. The molecule has 0 unspecified atom stereocenters. The van der Waals surface area contributed by atoms with Crippen LogP contribution in [0.3, 0.4) is 0 Å². The van der Waals surface area contributed by atoms with Crippen LogP contribution in [-0.4, -0.2) is 18.5 Å². The van der Waals surface area contributed by atoms with Crippen molar-refractivity contribution >= 4 is 38.1 Å². The van der Waals surface area contributed by atoms with Gasteiger partial charge in [0.25, 0.3) is 10.0 Å². The lowest BCUT2D eigenvalue weighted by Crippen LogP contribution is -2.23. The van der Waals surface area contributed by atoms with Crippen LogP contribution < -0.4 is 10.5 Å². The van der Waals surface area contributed by atoms with E-state index in [2.05, 4.69) is 16.3 Å². The van der Waals surface area contributed by atoms with Gasteiger partial charge in [0.1, 0.15) is 11.6 Å². The van der Waals surface area contributed by atoms with E-state index in [1.54, 1.807) is 24.3 Å². The topological polar surface area (TPSA) is 105 Å². The van der Waals surface area contributed by atoms with Crippen LogP contribution in [0.1, 0.15) is 5.56 Å². The van der Waals surface area contributed by atoms with Crippen LogP contribution in [0.5, 0.6) is 5.75 Å². The number of sulfonamides is 1. The highest BCUT2D eigenvalue weighted by atomic mass is 35.5. The molecule has 30 heavy (non-hydrogen) atoms. The zero-order valence-electron chi connectivity index (χ0n) is 15.5. The Hall–Kier alpha value is -3.36. The second kappa shape index (κ2) is 8.56. The van der Waals surface area contributed by atoms with E-state index in [4.69, 9.17) is 17.3 Å². The Labute approximate surface area is 177 Å². The Morgan fingerprint density at radius 2 is 1.90 bits per heavy atom. The molecule has 0 atom stereocenters. The quantitative estimate of drug-likeness (QED) is 0.497. The number of fused-ring (bicyclic) bond motifs is 1. The van der Waals surface area contributed by atoms with Gasteiger partial charge in [-0.15, -0.1) is 0 Å². The zero-order valence-corrected chi connectivity index (χ0v) is 17.1. The third-order valence-corrected chi connectivity index (χ3v) is 5.73. The van der Waals surface area contributed by atoms with Gasteiger partial charge < -0.3 is 10.8 Å². The van der Waals surface area contributed by atoms with Crippen molar-refractivity contribution in [2.75, 3.05) is 0 Å². The van der Waals surface area contributed by atoms with E-state index in [1.165, 1.54) is 18.5 Å². The molecule has 0 bridgehead atoms. The summed E-state index contributed by atoms with van der Waals surface area (Å²) in [5.74, 6) is -0.549. The maximum absolute atomic E-state index is 13.1. The summed E-state index contributed by atoms with van der Waals surface area (Å²) < 4.78 is 40.7. The van der Waals surface area contributed by atoms with Gasteiger partial charge in [-0.1, -0.05) is 24.2 Å². The highest BCUT2D eigenvalue weighted by Gasteiger charge is 2.17. The number of allylic oxidation sites excluding steroid dienone is 3. The van der Waals surface area contributed by atoms with Gasteiger partial charge in [0.15, 0.2) is 0 Å². The van der Waals surface area contributed by atoms with E-state index in [1.807, 2.05) is 0 Å². The van der Waals surface area contributed by atoms with Crippen molar-refractivity contribution in [2.24, 2.45) is 5.73 Å². The van der Waals surface area contributed by atoms with E-state index < -0.39 is 15.8 Å². The van der Waals surface area contributed by atoms with Crippen molar-refractivity contribution in [2.45, 2.75) is 4.90 Å². The van der Waals surface area contributed by atoms with Gasteiger partial charge in [0, 0.05) is 11.6 Å². The molecule has 0 fully saturated rings. The lowest BCUT2D eigenvalue weighted by atomic mass is 10.0. The van der Waals surface area contributed by atoms with E-state index >= 15 is 0 Å². The monoisotopic (exact) mass is 445 g/mol. The molecule has 0 aliphatic rings. The number of halogens is 2. The number of aromatic hydroxyl groups is 1. The molecule has 1 heterocycles. The van der Waals surface area contributed by atoms with Crippen LogP contribution in [0.4, 0.5) is 4.39 Å². The Balaban J connectivity index is 1.99. The Bertz CT molecular complexity index is 1290. The molecule has 6 nitrogen and oxygen atoms in total. The number of hydrogen-bond acceptors (Lipinski definition) is 5. The highest BCUT2D eigenvalue weighted by molar-refractivity contribution is 7.89. The van der Waals surface area contributed by atoms with Crippen molar-refractivity contribution in [1.29, 1.82) is 0 Å². The maximum atomic E-state index is 13.1. The van der Waals surface area contributed by atoms with Gasteiger partial charge in [-0.2, -0.15) is 0 Å². The first-order valence-electron chi connectivity index (χ1n) is 8.55. The van der Waals surface area contributed by atoms with Gasteiger partial charge in [-0.3, -0.25) is 9.71 Å². The normalized spacial score (nSPS) is 12.7. The Morgan fingerprint density at radius 3 is 2.53 bits per heavy atom. The fraction of sp³-hybridized carbons (Fsp3) is 0. The van der Waals surface area contributed by atoms with Crippen LogP contribution in [0.15, 0.2) is 89.2 Å². The molecular weight excluding hydrogens is 429 g/mol. The summed E-state index contributed by atoms with van der Waals surface area (Å²) in [4.78, 5) is 3.97. The van der Waals surface area contributed by atoms with Gasteiger partial charge >= 0.3 is 0 Å². The lowest BCUT2D eigenvalue weighted by Gasteiger charge is -2.12. The SMILES string of the molecule is C=C(Cl)/C(=C\C(=C/N)c1ccc2ncc(O)cc2c1)NS(=O)(=O)c1ccc(F)cc1. The highest BCUT2D eigenvalue weighted by Crippen LogP contribution is 2.25. The molecular formula is C21H17ClFN3O3S. The summed E-state index contributed by atoms with van der Waals surface area (Å²) >= 11 is 6.01. The fourth-order valence-corrected chi connectivity index (χ4v) is 3.90. The van der Waals surface area contributed by atoms with Gasteiger partial charge in [0.2, 0.25) is 0 Å². The van der Waals surface area contributed by atoms with E-state index in [0.717, 1.165) is 24.3 Å². The first-order valence-corrected chi connectivity index (χ1v) is 10.4. The third-order valence-electron chi connectivity index (χ3n) is 4.14. The van der Waals surface area contributed by atoms with Gasteiger partial charge in [0.05, 0.1) is 27.3 Å². The van der Waals surface area contributed by atoms with Crippen LogP contribution in [0.2, 0.25) is 0 Å². The minimum atomic E-state index is -4.04. The summed E-state index contributed by atoms with van der Waals surface area (Å²) in [6.45, 7) is 3.59. The summed E-state index contributed by atoms with van der Waals surface area (Å²) in [5.41, 5.74) is 7.49. The minimum Gasteiger partial charge on any atom is -0.506 e. The molecule has 0 aliphatic carbocycles. The summed E-state index contributed by atoms with van der Waals surface area (Å²) in [6, 6.07) is 11.1. The third kappa shape index (κ3) is 4.79. The molecule has 1 aromatic heterocycles. The summed E-state index contributed by atoms with van der Waals surface area (Å²) in [7, 11) is -4.04. The molecule has 0 amide bonds. The standard InChI is InChI=1S/C21H17ClFN3O3S/c1-13(22)21(26-30(28,29)19-5-3-17(23)4-6-19)10-16(11-24)14-2-7-20-15(8-14)9-18(27)12-25-20/h2-12,26-27H,1,24H2/b16-11+,21-10+. The molecule has 9 heteroatoms. The number of rotatable bonds is 6. The molecule has 0 aliphatic heterocycles. The van der Waals surface area contributed by atoms with Crippen LogP contribution >= 0.6 is 11.6 Å². The summed E-state index contributed by atoms with van der Waals surface area (Å²) in [6.07, 6.45) is 4.04. The first-order chi connectivity index (χ1) is 14.2. The largest absolute Gasteiger partial charge is 0.506 e. The number of nitrogens with one attached hydrogen (secondary N) is 1. The van der Waals surface area contributed by atoms with E-state index in [9.17, 15) is 17.9 Å². The second-order valence-electron chi connectivity index (χ2n) is 6.25. The number of nitrogens with two attached hydrogens (primary N) is 1. The van der Waals surface area contributed by atoms with Crippen LogP contribution in [0.25, 0.3) is 16.5 Å². The van der Waals surface area contributed by atoms with Crippen molar-refractivity contribution < 1.29 is 17.9 Å². The minimum absolute atomic E-state index is 0.00757. The van der Waals surface area contributed by atoms with Crippen molar-refractivity contribution in [3.05, 3.63) is 95.7 Å². The molecule has 3 rings (SSSR count). The molecule has 0 saturated carbocycles. The molecule has 0 radical (unpaired) electrons. The summed E-state index contributed by atoms with van der Waals surface area (Å²) in [5, 5.41) is 10.2. The fourth-order valence-electron chi connectivity index (χ4n) is 2.66. The molecule has 4 N–H and O–H groups in total. The zero-order chi connectivity index (χ0) is 21.9. The van der Waals surface area contributed by atoms with E-state index in [0.29, 0.717) is 22.0 Å². The Kier molecular flexibility index (Phi) is 6.09. The number of aromatic nitrogens is 1. The van der Waals surface area contributed by atoms with Crippen LogP contribution in [0, 0.1) is 5.82 Å². The average Bonchev–Trinajstić information content (AvgIpc) is 2.70. The second-order valence-corrected chi connectivity index (χ2v) is 8.38. The molecule has 0 spiro atoms. The number of benzene rings is 2. The van der Waals surface area contributed by atoms with Crippen LogP contribution in [-0.2, 0) is 10.0 Å². The molecule has 2 aromatic carbocycles. The van der Waals surface area contributed by atoms with Crippen molar-refractivity contribution in [1.82, 2.24) is 9.71 Å².